The SMILES string of the molecule is CC(C)C(=O)c1cc(N)co1. The molecular formula is C8H11NO2. The molecule has 1 aromatic rings. The highest BCUT2D eigenvalue weighted by Crippen LogP contribution is 2.13. The molecule has 0 unspecified atom stereocenters. The van der Waals surface area contributed by atoms with E-state index in [4.69, 9.17) is 10.2 Å². The smallest absolute Gasteiger partial charge is 0.200 e. The number of Topliss-reactive ketones (excluding diaryl/α,β-unsaturated/α-hetero) is 1. The Labute approximate surface area is 65.2 Å². The van der Waals surface area contributed by atoms with Gasteiger partial charge >= 0.3 is 0 Å². The largest absolute Gasteiger partial charge is 0.459 e. The average molecular weight is 153 g/mol. The van der Waals surface area contributed by atoms with Crippen LogP contribution in [0.15, 0.2) is 16.7 Å². The van der Waals surface area contributed by atoms with Gasteiger partial charge in [0.05, 0.1) is 5.69 Å². The molecule has 0 fully saturated rings. The molecule has 11 heavy (non-hydrogen) atoms. The van der Waals surface area contributed by atoms with Gasteiger partial charge in [-0.05, 0) is 0 Å². The summed E-state index contributed by atoms with van der Waals surface area (Å²) in [6, 6.07) is 1.54. The minimum atomic E-state index is -0.0412. The predicted octanol–water partition coefficient (Wildman–Crippen LogP) is 1.70. The first-order chi connectivity index (χ1) is 5.11. The van der Waals surface area contributed by atoms with Crippen molar-refractivity contribution in [1.82, 2.24) is 0 Å². The van der Waals surface area contributed by atoms with Crippen LogP contribution in [0.2, 0.25) is 0 Å². The molecule has 0 bridgehead atoms. The minimum Gasteiger partial charge on any atom is -0.459 e. The van der Waals surface area contributed by atoms with Crippen LogP contribution in [-0.2, 0) is 0 Å². The van der Waals surface area contributed by atoms with Gasteiger partial charge in [0.2, 0.25) is 5.78 Å². The molecule has 0 saturated heterocycles. The number of carbonyl (C=O) groups is 1. The second kappa shape index (κ2) is 2.78. The van der Waals surface area contributed by atoms with E-state index in [1.165, 1.54) is 6.26 Å². The first-order valence-electron chi connectivity index (χ1n) is 3.49. The molecule has 1 heterocycles. The summed E-state index contributed by atoms with van der Waals surface area (Å²) < 4.78 is 4.91. The molecule has 0 amide bonds. The summed E-state index contributed by atoms with van der Waals surface area (Å²) in [5, 5.41) is 0. The molecule has 60 valence electrons. The fourth-order valence-corrected chi connectivity index (χ4v) is 0.765. The van der Waals surface area contributed by atoms with E-state index in [9.17, 15) is 4.79 Å². The fraction of sp³-hybridized carbons (Fsp3) is 0.375. The lowest BCUT2D eigenvalue weighted by molar-refractivity contribution is 0.0911. The molecule has 0 radical (unpaired) electrons. The number of ketones is 1. The van der Waals surface area contributed by atoms with Crippen LogP contribution < -0.4 is 5.73 Å². The lowest BCUT2D eigenvalue weighted by atomic mass is 10.1. The third-order valence-electron chi connectivity index (χ3n) is 1.39. The monoisotopic (exact) mass is 153 g/mol. The number of furan rings is 1. The zero-order valence-electron chi connectivity index (χ0n) is 6.63. The minimum absolute atomic E-state index is 0.0123. The van der Waals surface area contributed by atoms with Gasteiger partial charge in [0.25, 0.3) is 0 Å². The Morgan fingerprint density at radius 2 is 2.27 bits per heavy atom. The van der Waals surface area contributed by atoms with Crippen LogP contribution in [0.1, 0.15) is 24.4 Å². The van der Waals surface area contributed by atoms with Gasteiger partial charge in [-0.3, -0.25) is 4.79 Å². The van der Waals surface area contributed by atoms with Crippen molar-refractivity contribution in [1.29, 1.82) is 0 Å². The summed E-state index contributed by atoms with van der Waals surface area (Å²) in [6.07, 6.45) is 1.37. The van der Waals surface area contributed by atoms with E-state index < -0.39 is 0 Å². The van der Waals surface area contributed by atoms with Crippen molar-refractivity contribution in [3.05, 3.63) is 18.1 Å². The van der Waals surface area contributed by atoms with Crippen LogP contribution in [0.4, 0.5) is 5.69 Å². The van der Waals surface area contributed by atoms with Crippen molar-refractivity contribution >= 4 is 11.5 Å². The highest BCUT2D eigenvalue weighted by Gasteiger charge is 2.13. The first-order valence-corrected chi connectivity index (χ1v) is 3.49. The summed E-state index contributed by atoms with van der Waals surface area (Å²) in [5.41, 5.74) is 5.87. The number of nitrogens with two attached hydrogens (primary N) is 1. The third kappa shape index (κ3) is 1.61. The van der Waals surface area contributed by atoms with E-state index in [2.05, 4.69) is 0 Å². The Balaban J connectivity index is 2.85. The molecule has 3 nitrogen and oxygen atoms in total. The molecule has 0 atom stereocenters. The Kier molecular flexibility index (Phi) is 1.98. The van der Waals surface area contributed by atoms with Crippen LogP contribution in [0.25, 0.3) is 0 Å². The molecule has 0 aliphatic carbocycles. The fourth-order valence-electron chi connectivity index (χ4n) is 0.765. The molecule has 3 heteroatoms. The lowest BCUT2D eigenvalue weighted by Crippen LogP contribution is -2.05. The molecule has 0 aromatic carbocycles. The lowest BCUT2D eigenvalue weighted by Gasteiger charge is -1.97. The molecule has 1 rings (SSSR count). The topological polar surface area (TPSA) is 56.2 Å². The van der Waals surface area contributed by atoms with Crippen molar-refractivity contribution in [2.24, 2.45) is 5.92 Å². The molecule has 0 spiro atoms. The van der Waals surface area contributed by atoms with E-state index in [-0.39, 0.29) is 11.7 Å². The molecule has 0 aliphatic rings. The highest BCUT2D eigenvalue weighted by molar-refractivity contribution is 5.95. The van der Waals surface area contributed by atoms with Crippen LogP contribution in [0.5, 0.6) is 0 Å². The van der Waals surface area contributed by atoms with Crippen LogP contribution in [0, 0.1) is 5.92 Å². The molecule has 2 N–H and O–H groups in total. The zero-order chi connectivity index (χ0) is 8.43. The Morgan fingerprint density at radius 3 is 2.64 bits per heavy atom. The maximum absolute atomic E-state index is 11.2. The quantitative estimate of drug-likeness (QED) is 0.658. The van der Waals surface area contributed by atoms with Gasteiger partial charge in [-0.25, -0.2) is 0 Å². The summed E-state index contributed by atoms with van der Waals surface area (Å²) in [5.74, 6) is 0.291. The number of hydrogen-bond donors (Lipinski definition) is 1. The van der Waals surface area contributed by atoms with E-state index in [1.807, 2.05) is 13.8 Å². The maximum Gasteiger partial charge on any atom is 0.200 e. The molecule has 0 aliphatic heterocycles. The van der Waals surface area contributed by atoms with Gasteiger partial charge in [0, 0.05) is 12.0 Å². The van der Waals surface area contributed by atoms with Crippen molar-refractivity contribution in [2.45, 2.75) is 13.8 Å². The van der Waals surface area contributed by atoms with Gasteiger partial charge in [-0.2, -0.15) is 0 Å². The van der Waals surface area contributed by atoms with Gasteiger partial charge in [-0.15, -0.1) is 0 Å². The normalized spacial score (nSPS) is 10.5. The predicted molar refractivity (Wildman–Crippen MR) is 42.3 cm³/mol. The number of nitrogen functional groups attached to an aromatic ring is 1. The summed E-state index contributed by atoms with van der Waals surface area (Å²) >= 11 is 0. The third-order valence-corrected chi connectivity index (χ3v) is 1.39. The van der Waals surface area contributed by atoms with Gasteiger partial charge in [0.1, 0.15) is 6.26 Å². The standard InChI is InChI=1S/C8H11NO2/c1-5(2)8(10)7-3-6(9)4-11-7/h3-5H,9H2,1-2H3. The van der Waals surface area contributed by atoms with Gasteiger partial charge in [0.15, 0.2) is 5.76 Å². The number of hydrogen-bond acceptors (Lipinski definition) is 3. The second-order valence-electron chi connectivity index (χ2n) is 2.76. The van der Waals surface area contributed by atoms with E-state index in [1.54, 1.807) is 6.07 Å². The van der Waals surface area contributed by atoms with Gasteiger partial charge < -0.3 is 10.2 Å². The van der Waals surface area contributed by atoms with Crippen molar-refractivity contribution in [3.63, 3.8) is 0 Å². The molecule has 1 aromatic heterocycles. The average Bonchev–Trinajstić information content (AvgIpc) is 2.34. The summed E-state index contributed by atoms with van der Waals surface area (Å²) in [4.78, 5) is 11.2. The zero-order valence-corrected chi connectivity index (χ0v) is 6.63. The number of rotatable bonds is 2. The van der Waals surface area contributed by atoms with E-state index in [0.29, 0.717) is 11.4 Å². The second-order valence-corrected chi connectivity index (χ2v) is 2.76. The first kappa shape index (κ1) is 7.85. The molecular weight excluding hydrogens is 142 g/mol. The Morgan fingerprint density at radius 1 is 1.64 bits per heavy atom. The maximum atomic E-state index is 11.2. The van der Waals surface area contributed by atoms with E-state index >= 15 is 0 Å². The highest BCUT2D eigenvalue weighted by atomic mass is 16.3. The Hall–Kier alpha value is -1.25. The molecule has 0 saturated carbocycles. The summed E-state index contributed by atoms with van der Waals surface area (Å²) in [7, 11) is 0. The number of carbonyl (C=O) groups excluding carboxylic acids is 1. The van der Waals surface area contributed by atoms with Crippen LogP contribution in [0.3, 0.4) is 0 Å². The number of anilines is 1. The van der Waals surface area contributed by atoms with Crippen LogP contribution >= 0.6 is 0 Å². The van der Waals surface area contributed by atoms with Gasteiger partial charge in [-0.1, -0.05) is 13.8 Å². The van der Waals surface area contributed by atoms with Crippen molar-refractivity contribution in [2.75, 3.05) is 5.73 Å². The van der Waals surface area contributed by atoms with Crippen LogP contribution in [-0.4, -0.2) is 5.78 Å². The van der Waals surface area contributed by atoms with E-state index in [0.717, 1.165) is 0 Å². The Bertz CT molecular complexity index is 263. The van der Waals surface area contributed by atoms with Crippen molar-refractivity contribution in [3.8, 4) is 0 Å². The summed E-state index contributed by atoms with van der Waals surface area (Å²) in [6.45, 7) is 3.64. The van der Waals surface area contributed by atoms with Crippen molar-refractivity contribution < 1.29 is 9.21 Å².